The minimum Gasteiger partial charge on any atom is -0.429 e. The van der Waals surface area contributed by atoms with Gasteiger partial charge in [-0.05, 0) is 29.8 Å². The molecule has 25 heavy (non-hydrogen) atoms. The molecule has 0 unspecified atom stereocenters. The molecule has 3 aromatic carbocycles. The second kappa shape index (κ2) is 7.09. The number of halogens is 1. The largest absolute Gasteiger partial charge is 0.429 e. The molecule has 0 aliphatic rings. The van der Waals surface area contributed by atoms with Crippen molar-refractivity contribution < 1.29 is 4.42 Å². The monoisotopic (exact) mass is 363 g/mol. The highest BCUT2D eigenvalue weighted by atomic mass is 35.5. The van der Waals surface area contributed by atoms with Crippen molar-refractivity contribution in [2.75, 3.05) is 0 Å². The molecule has 2 nitrogen and oxygen atoms in total. The molecule has 0 spiro atoms. The SMILES string of the molecule is Clc1ccc(N=c2oc(-c3ccccc3)c(-c3ccccc3)s2)cc1. The van der Waals surface area contributed by atoms with E-state index < -0.39 is 0 Å². The topological polar surface area (TPSA) is 25.5 Å². The van der Waals surface area contributed by atoms with Crippen LogP contribution in [0, 0.1) is 0 Å². The van der Waals surface area contributed by atoms with Gasteiger partial charge in [0.15, 0.2) is 5.76 Å². The van der Waals surface area contributed by atoms with E-state index in [2.05, 4.69) is 17.1 Å². The first kappa shape index (κ1) is 15.9. The maximum absolute atomic E-state index is 6.11. The average Bonchev–Trinajstić information content (AvgIpc) is 3.09. The zero-order chi connectivity index (χ0) is 17.1. The maximum atomic E-state index is 6.11. The summed E-state index contributed by atoms with van der Waals surface area (Å²) in [6.45, 7) is 0. The molecule has 4 rings (SSSR count). The molecule has 4 aromatic rings. The summed E-state index contributed by atoms with van der Waals surface area (Å²) in [5.74, 6) is 0.838. The van der Waals surface area contributed by atoms with Crippen LogP contribution in [0.3, 0.4) is 0 Å². The lowest BCUT2D eigenvalue weighted by Crippen LogP contribution is -1.88. The minimum atomic E-state index is 0.611. The first-order valence-electron chi connectivity index (χ1n) is 7.85. The van der Waals surface area contributed by atoms with Gasteiger partial charge in [-0.3, -0.25) is 0 Å². The van der Waals surface area contributed by atoms with Crippen LogP contribution in [-0.2, 0) is 0 Å². The molecule has 122 valence electrons. The van der Waals surface area contributed by atoms with Gasteiger partial charge in [0.05, 0.1) is 10.6 Å². The Hall–Kier alpha value is -2.62. The number of rotatable bonds is 3. The summed E-state index contributed by atoms with van der Waals surface area (Å²) in [7, 11) is 0. The van der Waals surface area contributed by atoms with Crippen LogP contribution in [-0.4, -0.2) is 0 Å². The first-order valence-corrected chi connectivity index (χ1v) is 9.04. The number of hydrogen-bond acceptors (Lipinski definition) is 3. The van der Waals surface area contributed by atoms with E-state index in [0.717, 1.165) is 27.5 Å². The van der Waals surface area contributed by atoms with Crippen molar-refractivity contribution in [3.63, 3.8) is 0 Å². The zero-order valence-electron chi connectivity index (χ0n) is 13.2. The van der Waals surface area contributed by atoms with E-state index in [1.165, 1.54) is 0 Å². The summed E-state index contributed by atoms with van der Waals surface area (Å²) in [4.78, 5) is 6.29. The molecule has 0 radical (unpaired) electrons. The molecular weight excluding hydrogens is 350 g/mol. The third-order valence-electron chi connectivity index (χ3n) is 3.70. The molecule has 4 heteroatoms. The average molecular weight is 364 g/mol. The number of hydrogen-bond donors (Lipinski definition) is 0. The summed E-state index contributed by atoms with van der Waals surface area (Å²) in [5.41, 5.74) is 2.97. The maximum Gasteiger partial charge on any atom is 0.279 e. The molecule has 0 N–H and O–H groups in total. The van der Waals surface area contributed by atoms with Gasteiger partial charge in [-0.1, -0.05) is 83.6 Å². The van der Waals surface area contributed by atoms with Gasteiger partial charge >= 0.3 is 0 Å². The number of benzene rings is 3. The van der Waals surface area contributed by atoms with Gasteiger partial charge in [0, 0.05) is 10.6 Å². The molecule has 1 aromatic heterocycles. The normalized spacial score (nSPS) is 11.6. The Kier molecular flexibility index (Phi) is 4.51. The fourth-order valence-electron chi connectivity index (χ4n) is 2.51. The van der Waals surface area contributed by atoms with E-state index in [1.54, 1.807) is 11.3 Å². The predicted octanol–water partition coefficient (Wildman–Crippen LogP) is 6.56. The predicted molar refractivity (Wildman–Crippen MR) is 104 cm³/mol. The van der Waals surface area contributed by atoms with Crippen molar-refractivity contribution in [2.45, 2.75) is 0 Å². The van der Waals surface area contributed by atoms with Crippen LogP contribution >= 0.6 is 22.9 Å². The lowest BCUT2D eigenvalue weighted by molar-refractivity contribution is 0.539. The Balaban J connectivity index is 1.88. The number of nitrogens with zero attached hydrogens (tertiary/aromatic N) is 1. The van der Waals surface area contributed by atoms with Crippen LogP contribution in [0.5, 0.6) is 0 Å². The van der Waals surface area contributed by atoms with Gasteiger partial charge in [0.25, 0.3) is 4.87 Å². The summed E-state index contributed by atoms with van der Waals surface area (Å²) < 4.78 is 6.11. The lowest BCUT2D eigenvalue weighted by Gasteiger charge is -2.01. The quantitative estimate of drug-likeness (QED) is 0.404. The van der Waals surface area contributed by atoms with Crippen LogP contribution < -0.4 is 4.87 Å². The zero-order valence-corrected chi connectivity index (χ0v) is 14.8. The molecule has 0 amide bonds. The highest BCUT2D eigenvalue weighted by Crippen LogP contribution is 2.34. The van der Waals surface area contributed by atoms with Crippen molar-refractivity contribution in [2.24, 2.45) is 4.99 Å². The second-order valence-electron chi connectivity index (χ2n) is 5.45. The Labute approximate surface area is 154 Å². The van der Waals surface area contributed by atoms with Crippen molar-refractivity contribution in [3.05, 3.63) is 94.8 Å². The van der Waals surface area contributed by atoms with Crippen LogP contribution in [0.1, 0.15) is 0 Å². The molecule has 1 heterocycles. The fraction of sp³-hybridized carbons (Fsp3) is 0. The van der Waals surface area contributed by atoms with Gasteiger partial charge in [-0.2, -0.15) is 0 Å². The standard InChI is InChI=1S/C21H14ClNOS/c22-17-11-13-18(14-12-17)23-21-24-19(15-7-3-1-4-8-15)20(25-21)16-9-5-2-6-10-16/h1-14H. The minimum absolute atomic E-state index is 0.611. The van der Waals surface area contributed by atoms with E-state index in [1.807, 2.05) is 72.8 Å². The lowest BCUT2D eigenvalue weighted by atomic mass is 10.1. The van der Waals surface area contributed by atoms with Crippen LogP contribution in [0.2, 0.25) is 5.02 Å². The van der Waals surface area contributed by atoms with Gasteiger partial charge in [-0.25, -0.2) is 4.99 Å². The molecule has 0 atom stereocenters. The molecule has 0 saturated carbocycles. The molecule has 0 fully saturated rings. The molecule has 0 bridgehead atoms. The Bertz CT molecular complexity index is 975. The second-order valence-corrected chi connectivity index (χ2v) is 6.85. The smallest absolute Gasteiger partial charge is 0.279 e. The summed E-state index contributed by atoms with van der Waals surface area (Å²) >= 11 is 7.48. The van der Waals surface area contributed by atoms with Crippen molar-refractivity contribution in [1.29, 1.82) is 0 Å². The molecule has 0 aliphatic carbocycles. The van der Waals surface area contributed by atoms with E-state index in [0.29, 0.717) is 9.89 Å². The van der Waals surface area contributed by atoms with Gasteiger partial charge in [-0.15, -0.1) is 0 Å². The van der Waals surface area contributed by atoms with Gasteiger partial charge in [0.2, 0.25) is 0 Å². The molecule has 0 saturated heterocycles. The molecular formula is C21H14ClNOS. The highest BCUT2D eigenvalue weighted by Gasteiger charge is 2.13. The fourth-order valence-corrected chi connectivity index (χ4v) is 3.60. The Morgan fingerprint density at radius 2 is 1.32 bits per heavy atom. The van der Waals surface area contributed by atoms with E-state index in [9.17, 15) is 0 Å². The summed E-state index contributed by atoms with van der Waals surface area (Å²) in [6.07, 6.45) is 0. The third-order valence-corrected chi connectivity index (χ3v) is 4.93. The summed E-state index contributed by atoms with van der Waals surface area (Å²) in [6, 6.07) is 27.7. The van der Waals surface area contributed by atoms with Gasteiger partial charge in [0.1, 0.15) is 0 Å². The van der Waals surface area contributed by atoms with Crippen LogP contribution in [0.15, 0.2) is 94.3 Å². The third kappa shape index (κ3) is 3.58. The Morgan fingerprint density at radius 3 is 1.96 bits per heavy atom. The van der Waals surface area contributed by atoms with E-state index in [-0.39, 0.29) is 0 Å². The first-order chi connectivity index (χ1) is 12.3. The van der Waals surface area contributed by atoms with Gasteiger partial charge < -0.3 is 4.42 Å². The van der Waals surface area contributed by atoms with Crippen molar-refractivity contribution in [1.82, 2.24) is 0 Å². The Morgan fingerprint density at radius 1 is 0.720 bits per heavy atom. The van der Waals surface area contributed by atoms with E-state index >= 15 is 0 Å². The van der Waals surface area contributed by atoms with Crippen molar-refractivity contribution >= 4 is 28.6 Å². The summed E-state index contributed by atoms with van der Waals surface area (Å²) in [5, 5.41) is 0.692. The van der Waals surface area contributed by atoms with E-state index in [4.69, 9.17) is 16.0 Å². The van der Waals surface area contributed by atoms with Crippen LogP contribution in [0.4, 0.5) is 5.69 Å². The van der Waals surface area contributed by atoms with Crippen molar-refractivity contribution in [3.8, 4) is 21.8 Å². The van der Waals surface area contributed by atoms with Crippen LogP contribution in [0.25, 0.3) is 21.8 Å². The molecule has 0 aliphatic heterocycles. The highest BCUT2D eigenvalue weighted by molar-refractivity contribution is 7.13.